The van der Waals surface area contributed by atoms with Gasteiger partial charge < -0.3 is 24.8 Å². The van der Waals surface area contributed by atoms with Gasteiger partial charge in [-0.1, -0.05) is 0 Å². The molecule has 0 radical (unpaired) electrons. The first kappa shape index (κ1) is 23.2. The van der Waals surface area contributed by atoms with Crippen molar-refractivity contribution >= 4 is 11.4 Å². The van der Waals surface area contributed by atoms with Crippen molar-refractivity contribution in [3.05, 3.63) is 64.2 Å². The second-order valence-electron chi connectivity index (χ2n) is 7.71. The Morgan fingerprint density at radius 2 is 1.19 bits per heavy atom. The summed E-state index contributed by atoms with van der Waals surface area (Å²) in [5.41, 5.74) is 7.85. The largest absolute Gasteiger partial charge is 0.497 e. The highest BCUT2D eigenvalue weighted by molar-refractivity contribution is 5.71. The summed E-state index contributed by atoms with van der Waals surface area (Å²) in [7, 11) is 5.04. The zero-order chi connectivity index (χ0) is 23.3. The molecule has 0 saturated heterocycles. The van der Waals surface area contributed by atoms with E-state index in [9.17, 15) is 0 Å². The zero-order valence-corrected chi connectivity index (χ0v) is 19.9. The Labute approximate surface area is 190 Å². The third kappa shape index (κ3) is 4.88. The summed E-state index contributed by atoms with van der Waals surface area (Å²) in [6.07, 6.45) is 3.68. The summed E-state index contributed by atoms with van der Waals surface area (Å²) in [6, 6.07) is 5.90. The fourth-order valence-electron chi connectivity index (χ4n) is 3.81. The van der Waals surface area contributed by atoms with Gasteiger partial charge in [0.25, 0.3) is 0 Å². The molecule has 0 atom stereocenters. The van der Waals surface area contributed by atoms with E-state index in [0.717, 1.165) is 62.3 Å². The smallest absolute Gasteiger partial charge is 0.128 e. The van der Waals surface area contributed by atoms with Gasteiger partial charge in [-0.25, -0.2) is 0 Å². The normalized spacial score (nSPS) is 10.6. The maximum absolute atomic E-state index is 5.54. The molecule has 0 unspecified atom stereocenters. The molecule has 0 bridgehead atoms. The van der Waals surface area contributed by atoms with E-state index in [1.54, 1.807) is 21.3 Å². The zero-order valence-electron chi connectivity index (χ0n) is 19.9. The maximum atomic E-state index is 5.54. The standard InChI is InChI=1S/C25H32N4O3/c1-15-11-26-22(17(3)24(15)31-6)13-28-20-9-8-19(30-5)10-21(20)29-14-23-18(4)25(32-7)16(2)12-27-23/h8-12,28-29H,13-14H2,1-7H3. The fraction of sp³-hybridized carbons (Fsp3) is 0.360. The van der Waals surface area contributed by atoms with Crippen molar-refractivity contribution in [2.45, 2.75) is 40.8 Å². The quantitative estimate of drug-likeness (QED) is 0.491. The molecule has 0 amide bonds. The molecule has 170 valence electrons. The Morgan fingerprint density at radius 1 is 0.688 bits per heavy atom. The van der Waals surface area contributed by atoms with Crippen LogP contribution < -0.4 is 24.8 Å². The Balaban J connectivity index is 1.82. The van der Waals surface area contributed by atoms with Gasteiger partial charge in [-0.15, -0.1) is 0 Å². The summed E-state index contributed by atoms with van der Waals surface area (Å²) in [4.78, 5) is 9.17. The van der Waals surface area contributed by atoms with E-state index in [-0.39, 0.29) is 0 Å². The Bertz CT molecular complexity index is 1100. The minimum atomic E-state index is 0.556. The van der Waals surface area contributed by atoms with Crippen LogP contribution in [0.5, 0.6) is 17.2 Å². The molecule has 2 heterocycles. The SMILES string of the molecule is COc1ccc(NCc2ncc(C)c(OC)c2C)c(NCc2ncc(C)c(OC)c2C)c1. The summed E-state index contributed by atoms with van der Waals surface area (Å²) >= 11 is 0. The van der Waals surface area contributed by atoms with Crippen molar-refractivity contribution in [3.63, 3.8) is 0 Å². The molecule has 2 aromatic heterocycles. The van der Waals surface area contributed by atoms with Crippen LogP contribution in [0.1, 0.15) is 33.6 Å². The molecule has 7 heteroatoms. The van der Waals surface area contributed by atoms with Crippen LogP contribution in [-0.4, -0.2) is 31.3 Å². The lowest BCUT2D eigenvalue weighted by Crippen LogP contribution is -2.10. The molecule has 2 N–H and O–H groups in total. The molecule has 0 saturated carbocycles. The fourth-order valence-corrected chi connectivity index (χ4v) is 3.81. The number of benzene rings is 1. The number of hydrogen-bond donors (Lipinski definition) is 2. The number of nitrogens with one attached hydrogen (secondary N) is 2. The van der Waals surface area contributed by atoms with E-state index in [1.165, 1.54) is 0 Å². The van der Waals surface area contributed by atoms with Gasteiger partial charge in [-0.3, -0.25) is 9.97 Å². The van der Waals surface area contributed by atoms with E-state index < -0.39 is 0 Å². The van der Waals surface area contributed by atoms with Crippen molar-refractivity contribution in [2.75, 3.05) is 32.0 Å². The molecular weight excluding hydrogens is 404 g/mol. The van der Waals surface area contributed by atoms with E-state index in [4.69, 9.17) is 14.2 Å². The first-order valence-electron chi connectivity index (χ1n) is 10.5. The van der Waals surface area contributed by atoms with Crippen LogP contribution in [0.4, 0.5) is 11.4 Å². The van der Waals surface area contributed by atoms with Crippen LogP contribution in [0, 0.1) is 27.7 Å². The van der Waals surface area contributed by atoms with Crippen molar-refractivity contribution < 1.29 is 14.2 Å². The van der Waals surface area contributed by atoms with Gasteiger partial charge in [-0.05, 0) is 39.8 Å². The third-order valence-electron chi connectivity index (χ3n) is 5.62. The summed E-state index contributed by atoms with van der Waals surface area (Å²) in [5.74, 6) is 2.52. The number of methoxy groups -OCH3 is 3. The Morgan fingerprint density at radius 3 is 1.66 bits per heavy atom. The van der Waals surface area contributed by atoms with Crippen molar-refractivity contribution in [2.24, 2.45) is 0 Å². The highest BCUT2D eigenvalue weighted by Gasteiger charge is 2.13. The number of anilines is 2. The van der Waals surface area contributed by atoms with E-state index >= 15 is 0 Å². The number of aromatic nitrogens is 2. The van der Waals surface area contributed by atoms with Crippen LogP contribution in [0.15, 0.2) is 30.6 Å². The summed E-state index contributed by atoms with van der Waals surface area (Å²) in [5, 5.41) is 6.99. The van der Waals surface area contributed by atoms with Crippen molar-refractivity contribution in [1.29, 1.82) is 0 Å². The molecule has 32 heavy (non-hydrogen) atoms. The van der Waals surface area contributed by atoms with Gasteiger partial charge >= 0.3 is 0 Å². The van der Waals surface area contributed by atoms with Gasteiger partial charge in [0, 0.05) is 40.7 Å². The highest BCUT2D eigenvalue weighted by atomic mass is 16.5. The van der Waals surface area contributed by atoms with Crippen molar-refractivity contribution in [1.82, 2.24) is 9.97 Å². The molecule has 0 aliphatic heterocycles. The average Bonchev–Trinajstić information content (AvgIpc) is 2.79. The number of nitrogens with zero attached hydrogens (tertiary/aromatic N) is 2. The topological polar surface area (TPSA) is 77.5 Å². The lowest BCUT2D eigenvalue weighted by Gasteiger charge is -2.18. The average molecular weight is 437 g/mol. The van der Waals surface area contributed by atoms with Crippen LogP contribution in [0.2, 0.25) is 0 Å². The van der Waals surface area contributed by atoms with Gasteiger partial charge in [0.2, 0.25) is 0 Å². The minimum absolute atomic E-state index is 0.556. The number of hydrogen-bond acceptors (Lipinski definition) is 7. The Kier molecular flexibility index (Phi) is 7.41. The van der Waals surface area contributed by atoms with E-state index in [0.29, 0.717) is 13.1 Å². The molecule has 3 aromatic rings. The lowest BCUT2D eigenvalue weighted by molar-refractivity contribution is 0.407. The first-order chi connectivity index (χ1) is 15.4. The number of ether oxygens (including phenoxy) is 3. The van der Waals surface area contributed by atoms with Crippen LogP contribution >= 0.6 is 0 Å². The summed E-state index contributed by atoms with van der Waals surface area (Å²) in [6.45, 7) is 9.18. The monoisotopic (exact) mass is 436 g/mol. The number of rotatable bonds is 9. The molecule has 0 fully saturated rings. The molecular formula is C25H32N4O3. The Hall–Kier alpha value is -3.48. The number of aryl methyl sites for hydroxylation is 2. The van der Waals surface area contributed by atoms with Crippen LogP contribution in [-0.2, 0) is 13.1 Å². The second kappa shape index (κ2) is 10.2. The molecule has 0 spiro atoms. The third-order valence-corrected chi connectivity index (χ3v) is 5.62. The lowest BCUT2D eigenvalue weighted by atomic mass is 10.1. The number of pyridine rings is 2. The van der Waals surface area contributed by atoms with E-state index in [1.807, 2.05) is 58.3 Å². The van der Waals surface area contributed by atoms with Gasteiger partial charge in [0.1, 0.15) is 17.2 Å². The molecule has 0 aliphatic rings. The van der Waals surface area contributed by atoms with Gasteiger partial charge in [0.05, 0.1) is 57.2 Å². The molecule has 7 nitrogen and oxygen atoms in total. The van der Waals surface area contributed by atoms with Crippen molar-refractivity contribution in [3.8, 4) is 17.2 Å². The van der Waals surface area contributed by atoms with Gasteiger partial charge in [-0.2, -0.15) is 0 Å². The highest BCUT2D eigenvalue weighted by Crippen LogP contribution is 2.30. The predicted octanol–water partition coefficient (Wildman–Crippen LogP) is 4.96. The van der Waals surface area contributed by atoms with Gasteiger partial charge in [0.15, 0.2) is 0 Å². The van der Waals surface area contributed by atoms with Crippen LogP contribution in [0.3, 0.4) is 0 Å². The minimum Gasteiger partial charge on any atom is -0.497 e. The summed E-state index contributed by atoms with van der Waals surface area (Å²) < 4.78 is 16.5. The predicted molar refractivity (Wildman–Crippen MR) is 128 cm³/mol. The van der Waals surface area contributed by atoms with Crippen LogP contribution in [0.25, 0.3) is 0 Å². The second-order valence-corrected chi connectivity index (χ2v) is 7.71. The molecule has 1 aromatic carbocycles. The van der Waals surface area contributed by atoms with E-state index in [2.05, 4.69) is 20.6 Å². The molecule has 3 rings (SSSR count). The first-order valence-corrected chi connectivity index (χ1v) is 10.5. The molecule has 0 aliphatic carbocycles. The maximum Gasteiger partial charge on any atom is 0.128 e.